The molecule has 0 aliphatic carbocycles. The van der Waals surface area contributed by atoms with Crippen LogP contribution < -0.4 is 5.32 Å². The molecule has 0 fully saturated rings. The monoisotopic (exact) mass is 368 g/mol. The van der Waals surface area contributed by atoms with Crippen molar-refractivity contribution in [2.24, 2.45) is 0 Å². The zero-order chi connectivity index (χ0) is 17.5. The van der Waals surface area contributed by atoms with Gasteiger partial charge in [-0.05, 0) is 38.5 Å². The molecule has 24 heavy (non-hydrogen) atoms. The molecule has 2 rings (SSSR count). The first-order valence-electron chi connectivity index (χ1n) is 7.80. The molecule has 130 valence electrons. The van der Waals surface area contributed by atoms with Gasteiger partial charge in [0.05, 0.1) is 5.25 Å². The Labute approximate surface area is 149 Å². The van der Waals surface area contributed by atoms with Crippen LogP contribution >= 0.6 is 23.1 Å². The SMILES string of the molecule is CCN(CC)C(=O)C(C)Sc1nnc(NCc2ccc(F)cc2)s1. The van der Waals surface area contributed by atoms with E-state index >= 15 is 0 Å². The lowest BCUT2D eigenvalue weighted by Crippen LogP contribution is -2.36. The molecule has 5 nitrogen and oxygen atoms in total. The molecule has 1 aromatic carbocycles. The molecule has 0 saturated carbocycles. The van der Waals surface area contributed by atoms with Gasteiger partial charge >= 0.3 is 0 Å². The van der Waals surface area contributed by atoms with Crippen molar-refractivity contribution >= 4 is 34.1 Å². The van der Waals surface area contributed by atoms with E-state index in [-0.39, 0.29) is 17.0 Å². The minimum atomic E-state index is -0.250. The molecule has 8 heteroatoms. The third-order valence-corrected chi connectivity index (χ3v) is 5.52. The van der Waals surface area contributed by atoms with Crippen LogP contribution in [0.1, 0.15) is 26.3 Å². The van der Waals surface area contributed by atoms with Crippen LogP contribution in [0, 0.1) is 5.82 Å². The van der Waals surface area contributed by atoms with Crippen LogP contribution in [0.5, 0.6) is 0 Å². The number of hydrogen-bond acceptors (Lipinski definition) is 6. The molecule has 0 aliphatic heterocycles. The van der Waals surface area contributed by atoms with Crippen molar-refractivity contribution < 1.29 is 9.18 Å². The van der Waals surface area contributed by atoms with Gasteiger partial charge in [-0.1, -0.05) is 35.2 Å². The van der Waals surface area contributed by atoms with E-state index in [2.05, 4.69) is 15.5 Å². The quantitative estimate of drug-likeness (QED) is 0.721. The van der Waals surface area contributed by atoms with E-state index < -0.39 is 0 Å². The summed E-state index contributed by atoms with van der Waals surface area (Å²) in [4.78, 5) is 14.1. The van der Waals surface area contributed by atoms with Crippen molar-refractivity contribution in [3.8, 4) is 0 Å². The molecule has 0 saturated heterocycles. The van der Waals surface area contributed by atoms with E-state index in [1.165, 1.54) is 35.2 Å². The van der Waals surface area contributed by atoms with Crippen molar-refractivity contribution in [1.29, 1.82) is 0 Å². The number of nitrogens with zero attached hydrogens (tertiary/aromatic N) is 3. The van der Waals surface area contributed by atoms with E-state index in [0.717, 1.165) is 9.90 Å². The average Bonchev–Trinajstić information content (AvgIpc) is 3.02. The maximum atomic E-state index is 12.9. The van der Waals surface area contributed by atoms with Gasteiger partial charge in [-0.3, -0.25) is 4.79 Å². The summed E-state index contributed by atoms with van der Waals surface area (Å²) < 4.78 is 13.6. The van der Waals surface area contributed by atoms with Gasteiger partial charge in [-0.15, -0.1) is 10.2 Å². The second kappa shape index (κ2) is 8.98. The molecular weight excluding hydrogens is 347 g/mol. The number of benzene rings is 1. The van der Waals surface area contributed by atoms with Crippen molar-refractivity contribution in [2.75, 3.05) is 18.4 Å². The van der Waals surface area contributed by atoms with E-state index in [0.29, 0.717) is 24.8 Å². The Morgan fingerprint density at radius 1 is 1.29 bits per heavy atom. The van der Waals surface area contributed by atoms with Gasteiger partial charge in [0, 0.05) is 19.6 Å². The first-order valence-corrected chi connectivity index (χ1v) is 9.50. The Kier molecular flexibility index (Phi) is 6.99. The smallest absolute Gasteiger partial charge is 0.235 e. The van der Waals surface area contributed by atoms with Gasteiger partial charge < -0.3 is 10.2 Å². The van der Waals surface area contributed by atoms with Crippen LogP contribution in [0.25, 0.3) is 0 Å². The summed E-state index contributed by atoms with van der Waals surface area (Å²) in [6.45, 7) is 7.80. The zero-order valence-electron chi connectivity index (χ0n) is 14.0. The van der Waals surface area contributed by atoms with Crippen molar-refractivity contribution in [3.05, 3.63) is 35.6 Å². The number of nitrogens with one attached hydrogen (secondary N) is 1. The summed E-state index contributed by atoms with van der Waals surface area (Å²) in [5.74, 6) is -0.138. The molecule has 0 bridgehead atoms. The predicted octanol–water partition coefficient (Wildman–Crippen LogP) is 3.64. The molecule has 1 heterocycles. The first kappa shape index (κ1) is 18.7. The standard InChI is InChI=1S/C16H21FN4OS2/c1-4-21(5-2)14(22)11(3)23-16-20-19-15(24-16)18-10-12-6-8-13(17)9-7-12/h6-9,11H,4-5,10H2,1-3H3,(H,18,19). The van der Waals surface area contributed by atoms with Gasteiger partial charge in [-0.2, -0.15) is 0 Å². The Morgan fingerprint density at radius 3 is 2.58 bits per heavy atom. The Hall–Kier alpha value is -1.67. The molecule has 1 amide bonds. The van der Waals surface area contributed by atoms with Gasteiger partial charge in [0.1, 0.15) is 5.82 Å². The van der Waals surface area contributed by atoms with Gasteiger partial charge in [-0.25, -0.2) is 4.39 Å². The summed E-state index contributed by atoms with van der Waals surface area (Å²) >= 11 is 2.83. The van der Waals surface area contributed by atoms with E-state index in [9.17, 15) is 9.18 Å². The molecular formula is C16H21FN4OS2. The molecule has 1 N–H and O–H groups in total. The van der Waals surface area contributed by atoms with Crippen LogP contribution in [0.4, 0.5) is 9.52 Å². The van der Waals surface area contributed by atoms with Crippen molar-refractivity contribution in [2.45, 2.75) is 36.9 Å². The molecule has 1 atom stereocenters. The lowest BCUT2D eigenvalue weighted by molar-refractivity contribution is -0.129. The molecule has 0 aliphatic rings. The second-order valence-electron chi connectivity index (χ2n) is 5.12. The maximum Gasteiger partial charge on any atom is 0.235 e. The second-order valence-corrected chi connectivity index (χ2v) is 7.69. The Bertz CT molecular complexity index is 658. The summed E-state index contributed by atoms with van der Waals surface area (Å²) in [5.41, 5.74) is 0.964. The van der Waals surface area contributed by atoms with Crippen LogP contribution in [0.3, 0.4) is 0 Å². The topological polar surface area (TPSA) is 58.1 Å². The minimum absolute atomic E-state index is 0.112. The number of carbonyl (C=O) groups excluding carboxylic acids is 1. The van der Waals surface area contributed by atoms with Crippen LogP contribution in [-0.2, 0) is 11.3 Å². The highest BCUT2D eigenvalue weighted by Gasteiger charge is 2.21. The number of carbonyl (C=O) groups is 1. The third kappa shape index (κ3) is 5.17. The Morgan fingerprint density at radius 2 is 1.96 bits per heavy atom. The van der Waals surface area contributed by atoms with Crippen LogP contribution in [0.15, 0.2) is 28.6 Å². The fourth-order valence-corrected chi connectivity index (χ4v) is 4.08. The summed E-state index contributed by atoms with van der Waals surface area (Å²) in [6, 6.07) is 6.31. The van der Waals surface area contributed by atoms with Crippen LogP contribution in [-0.4, -0.2) is 39.3 Å². The number of halogens is 1. The van der Waals surface area contributed by atoms with Gasteiger partial charge in [0.2, 0.25) is 11.0 Å². The highest BCUT2D eigenvalue weighted by molar-refractivity contribution is 8.02. The van der Waals surface area contributed by atoms with E-state index in [1.54, 1.807) is 12.1 Å². The summed E-state index contributed by atoms with van der Waals surface area (Å²) in [7, 11) is 0. The molecule has 0 radical (unpaired) electrons. The molecule has 1 aromatic heterocycles. The minimum Gasteiger partial charge on any atom is -0.356 e. The number of amides is 1. The highest BCUT2D eigenvalue weighted by Crippen LogP contribution is 2.29. The molecule has 1 unspecified atom stereocenters. The lowest BCUT2D eigenvalue weighted by Gasteiger charge is -2.21. The molecule has 2 aromatic rings. The van der Waals surface area contributed by atoms with Crippen molar-refractivity contribution in [1.82, 2.24) is 15.1 Å². The van der Waals surface area contributed by atoms with Crippen LogP contribution in [0.2, 0.25) is 0 Å². The maximum absolute atomic E-state index is 12.9. The van der Waals surface area contributed by atoms with Crippen molar-refractivity contribution in [3.63, 3.8) is 0 Å². The lowest BCUT2D eigenvalue weighted by atomic mass is 10.2. The zero-order valence-corrected chi connectivity index (χ0v) is 15.6. The largest absolute Gasteiger partial charge is 0.356 e. The number of thioether (sulfide) groups is 1. The Balaban J connectivity index is 1.88. The highest BCUT2D eigenvalue weighted by atomic mass is 32.2. The number of aromatic nitrogens is 2. The summed E-state index contributed by atoms with van der Waals surface area (Å²) in [6.07, 6.45) is 0. The predicted molar refractivity (Wildman–Crippen MR) is 96.9 cm³/mol. The normalized spacial score (nSPS) is 12.0. The van der Waals surface area contributed by atoms with Gasteiger partial charge in [0.15, 0.2) is 4.34 Å². The summed E-state index contributed by atoms with van der Waals surface area (Å²) in [5, 5.41) is 11.9. The number of rotatable bonds is 8. The average molecular weight is 369 g/mol. The number of anilines is 1. The van der Waals surface area contributed by atoms with E-state index in [4.69, 9.17) is 0 Å². The number of hydrogen-bond donors (Lipinski definition) is 1. The van der Waals surface area contributed by atoms with Gasteiger partial charge in [0.25, 0.3) is 0 Å². The third-order valence-electron chi connectivity index (χ3n) is 3.46. The fourth-order valence-electron chi connectivity index (χ4n) is 2.10. The fraction of sp³-hybridized carbons (Fsp3) is 0.438. The first-order chi connectivity index (χ1) is 11.5. The van der Waals surface area contributed by atoms with E-state index in [1.807, 2.05) is 25.7 Å². The molecule has 0 spiro atoms.